The van der Waals surface area contributed by atoms with Gasteiger partial charge in [-0.3, -0.25) is 4.79 Å². The quantitative estimate of drug-likeness (QED) is 0.799. The van der Waals surface area contributed by atoms with Crippen molar-refractivity contribution in [1.82, 2.24) is 10.2 Å². The van der Waals surface area contributed by atoms with E-state index < -0.39 is 9.84 Å². The molecule has 6 heteroatoms. The van der Waals surface area contributed by atoms with Crippen LogP contribution >= 0.6 is 0 Å². The molecule has 1 atom stereocenters. The number of sulfone groups is 1. The van der Waals surface area contributed by atoms with Gasteiger partial charge in [0.2, 0.25) is 5.91 Å². The number of carbonyl (C=O) groups excluding carboxylic acids is 1. The molecular formula is C15H28N2O3S. The van der Waals surface area contributed by atoms with Crippen molar-refractivity contribution in [2.24, 2.45) is 5.92 Å². The van der Waals surface area contributed by atoms with Crippen LogP contribution in [0.4, 0.5) is 0 Å². The van der Waals surface area contributed by atoms with Crippen molar-refractivity contribution in [2.45, 2.75) is 51.5 Å². The Bertz CT molecular complexity index is 444. The van der Waals surface area contributed by atoms with Crippen LogP contribution in [0.15, 0.2) is 0 Å². The van der Waals surface area contributed by atoms with Gasteiger partial charge >= 0.3 is 0 Å². The average molecular weight is 316 g/mol. The molecule has 0 aliphatic carbocycles. The van der Waals surface area contributed by atoms with Gasteiger partial charge in [0, 0.05) is 19.0 Å². The molecule has 0 bridgehead atoms. The predicted molar refractivity (Wildman–Crippen MR) is 83.9 cm³/mol. The zero-order valence-corrected chi connectivity index (χ0v) is 13.8. The van der Waals surface area contributed by atoms with Crippen LogP contribution < -0.4 is 5.32 Å². The Balaban J connectivity index is 1.86. The molecule has 2 heterocycles. The van der Waals surface area contributed by atoms with Crippen LogP contribution in [0.3, 0.4) is 0 Å². The van der Waals surface area contributed by atoms with Gasteiger partial charge in [0.15, 0.2) is 9.84 Å². The molecule has 122 valence electrons. The van der Waals surface area contributed by atoms with E-state index in [1.165, 1.54) is 0 Å². The molecule has 0 aromatic rings. The fourth-order valence-electron chi connectivity index (χ4n) is 3.41. The first kappa shape index (κ1) is 16.7. The van der Waals surface area contributed by atoms with Crippen LogP contribution in [-0.4, -0.2) is 56.4 Å². The van der Waals surface area contributed by atoms with Gasteiger partial charge in [-0.1, -0.05) is 6.92 Å². The van der Waals surface area contributed by atoms with E-state index in [1.807, 2.05) is 11.8 Å². The monoisotopic (exact) mass is 316 g/mol. The van der Waals surface area contributed by atoms with Crippen molar-refractivity contribution in [3.05, 3.63) is 0 Å². The van der Waals surface area contributed by atoms with Crippen LogP contribution in [0.5, 0.6) is 0 Å². The fraction of sp³-hybridized carbons (Fsp3) is 0.933. The first-order valence-electron chi connectivity index (χ1n) is 8.22. The van der Waals surface area contributed by atoms with E-state index in [0.29, 0.717) is 25.3 Å². The molecule has 0 aromatic heterocycles. The third kappa shape index (κ3) is 4.95. The fourth-order valence-corrected chi connectivity index (χ4v) is 5.15. The standard InChI is InChI=1S/C15H28N2O3S/c1-2-10-17(14-7-11-21(19,20)12-14)15(18)4-3-13-5-8-16-9-6-13/h13-14,16H,2-12H2,1H3. The molecule has 2 saturated heterocycles. The summed E-state index contributed by atoms with van der Waals surface area (Å²) in [5.74, 6) is 1.19. The topological polar surface area (TPSA) is 66.5 Å². The summed E-state index contributed by atoms with van der Waals surface area (Å²) in [7, 11) is -2.93. The lowest BCUT2D eigenvalue weighted by Crippen LogP contribution is -2.41. The molecule has 2 fully saturated rings. The Morgan fingerprint density at radius 2 is 1.95 bits per heavy atom. The summed E-state index contributed by atoms with van der Waals surface area (Å²) in [4.78, 5) is 14.3. The first-order valence-corrected chi connectivity index (χ1v) is 10.0. The zero-order valence-electron chi connectivity index (χ0n) is 13.0. The van der Waals surface area contributed by atoms with Gasteiger partial charge in [-0.2, -0.15) is 0 Å². The number of amides is 1. The second-order valence-electron chi connectivity index (χ2n) is 6.38. The second-order valence-corrected chi connectivity index (χ2v) is 8.60. The second kappa shape index (κ2) is 7.58. The number of nitrogens with zero attached hydrogens (tertiary/aromatic N) is 1. The molecule has 0 aromatic carbocycles. The van der Waals surface area contributed by atoms with Crippen molar-refractivity contribution in [2.75, 3.05) is 31.1 Å². The van der Waals surface area contributed by atoms with E-state index in [4.69, 9.17) is 0 Å². The van der Waals surface area contributed by atoms with Crippen molar-refractivity contribution < 1.29 is 13.2 Å². The maximum atomic E-state index is 12.5. The van der Waals surface area contributed by atoms with E-state index >= 15 is 0 Å². The van der Waals surface area contributed by atoms with E-state index in [-0.39, 0.29) is 23.5 Å². The molecule has 5 nitrogen and oxygen atoms in total. The van der Waals surface area contributed by atoms with E-state index in [2.05, 4.69) is 5.32 Å². The summed E-state index contributed by atoms with van der Waals surface area (Å²) in [6.45, 7) is 4.83. The van der Waals surface area contributed by atoms with Gasteiger partial charge in [0.25, 0.3) is 0 Å². The van der Waals surface area contributed by atoms with Crippen molar-refractivity contribution >= 4 is 15.7 Å². The number of hydrogen-bond donors (Lipinski definition) is 1. The lowest BCUT2D eigenvalue weighted by atomic mass is 9.93. The Morgan fingerprint density at radius 3 is 2.52 bits per heavy atom. The van der Waals surface area contributed by atoms with Gasteiger partial charge in [0.05, 0.1) is 11.5 Å². The summed E-state index contributed by atoms with van der Waals surface area (Å²) >= 11 is 0. The summed E-state index contributed by atoms with van der Waals surface area (Å²) < 4.78 is 23.3. The predicted octanol–water partition coefficient (Wildman–Crippen LogP) is 1.19. The van der Waals surface area contributed by atoms with Crippen molar-refractivity contribution in [3.63, 3.8) is 0 Å². The van der Waals surface area contributed by atoms with Crippen molar-refractivity contribution in [1.29, 1.82) is 0 Å². The first-order chi connectivity index (χ1) is 10.0. The smallest absolute Gasteiger partial charge is 0.222 e. The van der Waals surface area contributed by atoms with E-state index in [0.717, 1.165) is 38.8 Å². The van der Waals surface area contributed by atoms with Gasteiger partial charge in [0.1, 0.15) is 0 Å². The molecule has 2 aliphatic rings. The highest BCUT2D eigenvalue weighted by Gasteiger charge is 2.34. The molecule has 1 unspecified atom stereocenters. The lowest BCUT2D eigenvalue weighted by molar-refractivity contribution is -0.133. The molecule has 2 rings (SSSR count). The molecule has 0 radical (unpaired) electrons. The number of nitrogens with one attached hydrogen (secondary N) is 1. The summed E-state index contributed by atoms with van der Waals surface area (Å²) in [6.07, 6.45) is 5.32. The minimum atomic E-state index is -2.93. The van der Waals surface area contributed by atoms with Gasteiger partial charge in [-0.25, -0.2) is 8.42 Å². The van der Waals surface area contributed by atoms with Crippen LogP contribution in [0.1, 0.15) is 45.4 Å². The van der Waals surface area contributed by atoms with E-state index in [1.54, 1.807) is 0 Å². The summed E-state index contributed by atoms with van der Waals surface area (Å²) in [5.41, 5.74) is 0. The normalized spacial score (nSPS) is 25.9. The van der Waals surface area contributed by atoms with Gasteiger partial charge < -0.3 is 10.2 Å². The molecule has 0 saturated carbocycles. The third-order valence-electron chi connectivity index (χ3n) is 4.66. The number of piperidine rings is 1. The summed E-state index contributed by atoms with van der Waals surface area (Å²) in [6, 6.07) is -0.0875. The highest BCUT2D eigenvalue weighted by Crippen LogP contribution is 2.22. The lowest BCUT2D eigenvalue weighted by Gasteiger charge is -2.29. The van der Waals surface area contributed by atoms with Gasteiger partial charge in [-0.15, -0.1) is 0 Å². The largest absolute Gasteiger partial charge is 0.339 e. The number of carbonyl (C=O) groups is 1. The van der Waals surface area contributed by atoms with Crippen LogP contribution in [0.25, 0.3) is 0 Å². The highest BCUT2D eigenvalue weighted by molar-refractivity contribution is 7.91. The molecule has 21 heavy (non-hydrogen) atoms. The average Bonchev–Trinajstić information content (AvgIpc) is 2.83. The maximum Gasteiger partial charge on any atom is 0.222 e. The molecule has 1 amide bonds. The Morgan fingerprint density at radius 1 is 1.24 bits per heavy atom. The molecule has 1 N–H and O–H groups in total. The Kier molecular flexibility index (Phi) is 6.05. The van der Waals surface area contributed by atoms with Gasteiger partial charge in [-0.05, 0) is 51.1 Å². The Labute approximate surface area is 128 Å². The van der Waals surface area contributed by atoms with Crippen LogP contribution in [-0.2, 0) is 14.6 Å². The third-order valence-corrected chi connectivity index (χ3v) is 6.41. The number of hydrogen-bond acceptors (Lipinski definition) is 4. The molecule has 0 spiro atoms. The van der Waals surface area contributed by atoms with E-state index in [9.17, 15) is 13.2 Å². The minimum absolute atomic E-state index is 0.0875. The zero-order chi connectivity index (χ0) is 15.3. The summed E-state index contributed by atoms with van der Waals surface area (Å²) in [5, 5.41) is 3.34. The Hall–Kier alpha value is -0.620. The molecular weight excluding hydrogens is 288 g/mol. The molecule has 2 aliphatic heterocycles. The minimum Gasteiger partial charge on any atom is -0.339 e. The van der Waals surface area contributed by atoms with Crippen LogP contribution in [0, 0.1) is 5.92 Å². The highest BCUT2D eigenvalue weighted by atomic mass is 32.2. The number of rotatable bonds is 6. The van der Waals surface area contributed by atoms with Crippen LogP contribution in [0.2, 0.25) is 0 Å². The maximum absolute atomic E-state index is 12.5. The SMILES string of the molecule is CCCN(C(=O)CCC1CCNCC1)C1CCS(=O)(=O)C1. The van der Waals surface area contributed by atoms with Crippen molar-refractivity contribution in [3.8, 4) is 0 Å².